The predicted octanol–water partition coefficient (Wildman–Crippen LogP) is 3.86. The SMILES string of the molecule is O[C@@H]1C[C@H](CNCc2ccc(-c3ccc(F)cc3)cn2)Oc2ccccc21. The molecule has 0 amide bonds. The van der Waals surface area contributed by atoms with Gasteiger partial charge in [0.2, 0.25) is 0 Å². The van der Waals surface area contributed by atoms with Crippen molar-refractivity contribution in [3.05, 3.63) is 83.9 Å². The maximum absolute atomic E-state index is 13.0. The Bertz CT molecular complexity index is 897. The van der Waals surface area contributed by atoms with Gasteiger partial charge in [-0.3, -0.25) is 4.98 Å². The van der Waals surface area contributed by atoms with E-state index < -0.39 is 6.10 Å². The summed E-state index contributed by atoms with van der Waals surface area (Å²) in [6, 6.07) is 17.9. The van der Waals surface area contributed by atoms with E-state index in [2.05, 4.69) is 10.3 Å². The van der Waals surface area contributed by atoms with E-state index in [4.69, 9.17) is 4.74 Å². The molecule has 0 unspecified atom stereocenters. The molecule has 0 saturated heterocycles. The first kappa shape index (κ1) is 17.6. The van der Waals surface area contributed by atoms with E-state index in [0.717, 1.165) is 28.1 Å². The Kier molecular flexibility index (Phi) is 5.14. The molecule has 1 aliphatic rings. The molecule has 0 spiro atoms. The molecule has 1 aliphatic heterocycles. The quantitative estimate of drug-likeness (QED) is 0.722. The summed E-state index contributed by atoms with van der Waals surface area (Å²) in [5, 5.41) is 13.6. The fraction of sp³-hybridized carbons (Fsp3) is 0.227. The van der Waals surface area contributed by atoms with Crippen LogP contribution in [0.1, 0.15) is 23.8 Å². The van der Waals surface area contributed by atoms with E-state index >= 15 is 0 Å². The number of aromatic nitrogens is 1. The summed E-state index contributed by atoms with van der Waals surface area (Å²) in [4.78, 5) is 4.46. The molecular weight excluding hydrogens is 343 g/mol. The number of pyridine rings is 1. The summed E-state index contributed by atoms with van der Waals surface area (Å²) in [5.74, 6) is 0.509. The minimum absolute atomic E-state index is 0.0756. The molecule has 4 rings (SSSR count). The number of hydrogen-bond donors (Lipinski definition) is 2. The van der Waals surface area contributed by atoms with Gasteiger partial charge < -0.3 is 15.2 Å². The Balaban J connectivity index is 1.31. The second-order valence-corrected chi connectivity index (χ2v) is 6.71. The third kappa shape index (κ3) is 4.15. The number of aliphatic hydroxyl groups is 1. The number of para-hydroxylation sites is 1. The summed E-state index contributed by atoms with van der Waals surface area (Å²) >= 11 is 0. The summed E-state index contributed by atoms with van der Waals surface area (Å²) in [5.41, 5.74) is 3.66. The normalized spacial score (nSPS) is 18.6. The average molecular weight is 364 g/mol. The second-order valence-electron chi connectivity index (χ2n) is 6.71. The monoisotopic (exact) mass is 364 g/mol. The number of fused-ring (bicyclic) bond motifs is 1. The van der Waals surface area contributed by atoms with Gasteiger partial charge in [0.25, 0.3) is 0 Å². The van der Waals surface area contributed by atoms with Crippen molar-refractivity contribution >= 4 is 0 Å². The first-order chi connectivity index (χ1) is 13.2. The fourth-order valence-corrected chi connectivity index (χ4v) is 3.30. The zero-order valence-electron chi connectivity index (χ0n) is 14.8. The molecule has 2 aromatic carbocycles. The molecule has 0 saturated carbocycles. The molecule has 2 heterocycles. The van der Waals surface area contributed by atoms with Crippen molar-refractivity contribution in [1.82, 2.24) is 10.3 Å². The van der Waals surface area contributed by atoms with Crippen LogP contribution >= 0.6 is 0 Å². The lowest BCUT2D eigenvalue weighted by atomic mass is 9.99. The van der Waals surface area contributed by atoms with Crippen molar-refractivity contribution in [2.24, 2.45) is 0 Å². The van der Waals surface area contributed by atoms with Crippen molar-refractivity contribution in [3.63, 3.8) is 0 Å². The lowest BCUT2D eigenvalue weighted by Crippen LogP contribution is -2.35. The van der Waals surface area contributed by atoms with Gasteiger partial charge in [-0.05, 0) is 29.8 Å². The minimum Gasteiger partial charge on any atom is -0.489 e. The number of ether oxygens (including phenoxy) is 1. The van der Waals surface area contributed by atoms with Gasteiger partial charge >= 0.3 is 0 Å². The molecule has 3 aromatic rings. The topological polar surface area (TPSA) is 54.4 Å². The largest absolute Gasteiger partial charge is 0.489 e. The van der Waals surface area contributed by atoms with Gasteiger partial charge in [0.1, 0.15) is 17.7 Å². The molecule has 2 atom stereocenters. The number of hydrogen-bond acceptors (Lipinski definition) is 4. The van der Waals surface area contributed by atoms with Crippen LogP contribution in [-0.4, -0.2) is 22.7 Å². The van der Waals surface area contributed by atoms with E-state index in [9.17, 15) is 9.50 Å². The van der Waals surface area contributed by atoms with Gasteiger partial charge in [-0.2, -0.15) is 0 Å². The summed E-state index contributed by atoms with van der Waals surface area (Å²) < 4.78 is 19.0. The molecule has 27 heavy (non-hydrogen) atoms. The molecule has 138 valence electrons. The van der Waals surface area contributed by atoms with Crippen molar-refractivity contribution in [1.29, 1.82) is 0 Å². The number of nitrogens with zero attached hydrogens (tertiary/aromatic N) is 1. The van der Waals surface area contributed by atoms with Gasteiger partial charge in [-0.1, -0.05) is 36.4 Å². The zero-order valence-corrected chi connectivity index (χ0v) is 14.8. The van der Waals surface area contributed by atoms with Crippen LogP contribution in [0.15, 0.2) is 66.9 Å². The maximum Gasteiger partial charge on any atom is 0.125 e. The summed E-state index contributed by atoms with van der Waals surface area (Å²) in [6.45, 7) is 1.24. The number of nitrogens with one attached hydrogen (secondary N) is 1. The Morgan fingerprint density at radius 3 is 2.59 bits per heavy atom. The molecule has 1 aromatic heterocycles. The molecular formula is C22H21FN2O2. The number of aliphatic hydroxyl groups excluding tert-OH is 1. The highest BCUT2D eigenvalue weighted by Gasteiger charge is 2.26. The lowest BCUT2D eigenvalue weighted by molar-refractivity contribution is 0.0657. The summed E-state index contributed by atoms with van der Waals surface area (Å²) in [7, 11) is 0. The van der Waals surface area contributed by atoms with Crippen molar-refractivity contribution in [2.75, 3.05) is 6.54 Å². The van der Waals surface area contributed by atoms with Crippen LogP contribution in [-0.2, 0) is 6.54 Å². The van der Waals surface area contributed by atoms with Crippen LogP contribution in [0.5, 0.6) is 5.75 Å². The molecule has 4 nitrogen and oxygen atoms in total. The fourth-order valence-electron chi connectivity index (χ4n) is 3.30. The van der Waals surface area contributed by atoms with Crippen LogP contribution < -0.4 is 10.1 Å². The first-order valence-corrected chi connectivity index (χ1v) is 9.04. The van der Waals surface area contributed by atoms with Crippen LogP contribution in [0.25, 0.3) is 11.1 Å². The van der Waals surface area contributed by atoms with Crippen molar-refractivity contribution < 1.29 is 14.2 Å². The Labute approximate surface area is 157 Å². The highest BCUT2D eigenvalue weighted by Crippen LogP contribution is 2.34. The zero-order chi connectivity index (χ0) is 18.6. The predicted molar refractivity (Wildman–Crippen MR) is 102 cm³/mol. The van der Waals surface area contributed by atoms with Gasteiger partial charge in [-0.15, -0.1) is 0 Å². The minimum atomic E-state index is -0.491. The Morgan fingerprint density at radius 1 is 1.04 bits per heavy atom. The molecule has 5 heteroatoms. The van der Waals surface area contributed by atoms with Crippen LogP contribution in [0.4, 0.5) is 4.39 Å². The first-order valence-electron chi connectivity index (χ1n) is 9.04. The number of halogens is 1. The average Bonchev–Trinajstić information content (AvgIpc) is 2.69. The molecule has 2 N–H and O–H groups in total. The highest BCUT2D eigenvalue weighted by atomic mass is 19.1. The maximum atomic E-state index is 13.0. The van der Waals surface area contributed by atoms with E-state index in [1.54, 1.807) is 18.3 Å². The van der Waals surface area contributed by atoms with Crippen LogP contribution in [0.3, 0.4) is 0 Å². The molecule has 0 fully saturated rings. The van der Waals surface area contributed by atoms with Gasteiger partial charge in [-0.25, -0.2) is 4.39 Å². The standard InChI is InChI=1S/C22H21FN2O2/c23-17-8-5-15(6-9-17)16-7-10-18(25-12-16)13-24-14-19-11-21(26)20-3-1-2-4-22(20)27-19/h1-10,12,19,21,24,26H,11,13-14H2/t19-,21-/m1/s1. The van der Waals surface area contributed by atoms with Crippen molar-refractivity contribution in [2.45, 2.75) is 25.2 Å². The van der Waals surface area contributed by atoms with Crippen LogP contribution in [0, 0.1) is 5.82 Å². The van der Waals surface area contributed by atoms with E-state index in [1.165, 1.54) is 12.1 Å². The third-order valence-corrected chi connectivity index (χ3v) is 4.74. The van der Waals surface area contributed by atoms with Gasteiger partial charge in [0.05, 0.1) is 11.8 Å². The van der Waals surface area contributed by atoms with E-state index in [0.29, 0.717) is 19.5 Å². The summed E-state index contributed by atoms with van der Waals surface area (Å²) in [6.07, 6.45) is 1.80. The van der Waals surface area contributed by atoms with Crippen molar-refractivity contribution in [3.8, 4) is 16.9 Å². The molecule has 0 bridgehead atoms. The highest BCUT2D eigenvalue weighted by molar-refractivity contribution is 5.62. The Morgan fingerprint density at radius 2 is 1.81 bits per heavy atom. The van der Waals surface area contributed by atoms with E-state index in [1.807, 2.05) is 36.4 Å². The van der Waals surface area contributed by atoms with Crippen LogP contribution in [0.2, 0.25) is 0 Å². The van der Waals surface area contributed by atoms with Gasteiger partial charge in [0.15, 0.2) is 0 Å². The number of rotatable bonds is 5. The number of benzene rings is 2. The molecule has 0 aliphatic carbocycles. The third-order valence-electron chi connectivity index (χ3n) is 4.74. The van der Waals surface area contributed by atoms with Gasteiger partial charge in [0, 0.05) is 36.8 Å². The van der Waals surface area contributed by atoms with E-state index in [-0.39, 0.29) is 11.9 Å². The second kappa shape index (κ2) is 7.86. The lowest BCUT2D eigenvalue weighted by Gasteiger charge is -2.29. The Hall–Kier alpha value is -2.76. The molecule has 0 radical (unpaired) electrons. The smallest absolute Gasteiger partial charge is 0.125 e.